The third kappa shape index (κ3) is 4.45. The van der Waals surface area contributed by atoms with E-state index in [2.05, 4.69) is 5.32 Å². The number of ether oxygens (including phenoxy) is 1. The Hall–Kier alpha value is -4.62. The number of nitrogen functional groups attached to an aromatic ring is 1. The SMILES string of the molecule is Nc1cccc(C(=O)Nc2ccc3c(c2)C(=O)N(c2ccc(Oc4ccc(Cl)cc4)cc2)C3=O)c1. The van der Waals surface area contributed by atoms with Crippen LogP contribution < -0.4 is 20.7 Å². The lowest BCUT2D eigenvalue weighted by atomic mass is 10.1. The van der Waals surface area contributed by atoms with Crippen LogP contribution in [-0.2, 0) is 0 Å². The maximum atomic E-state index is 13.1. The predicted octanol–water partition coefficient (Wildman–Crippen LogP) is 5.77. The smallest absolute Gasteiger partial charge is 0.266 e. The van der Waals surface area contributed by atoms with Gasteiger partial charge in [-0.25, -0.2) is 4.90 Å². The number of nitrogens with one attached hydrogen (secondary N) is 1. The van der Waals surface area contributed by atoms with Gasteiger partial charge in [0.25, 0.3) is 17.7 Å². The summed E-state index contributed by atoms with van der Waals surface area (Å²) in [5, 5.41) is 3.34. The van der Waals surface area contributed by atoms with E-state index in [4.69, 9.17) is 22.1 Å². The number of nitrogens with two attached hydrogens (primary N) is 1. The summed E-state index contributed by atoms with van der Waals surface area (Å²) in [6.45, 7) is 0. The summed E-state index contributed by atoms with van der Waals surface area (Å²) in [6, 6.07) is 24.7. The van der Waals surface area contributed by atoms with Gasteiger partial charge in [0.05, 0.1) is 16.8 Å². The number of hydrogen-bond donors (Lipinski definition) is 2. The van der Waals surface area contributed by atoms with Gasteiger partial charge in [0.1, 0.15) is 11.5 Å². The monoisotopic (exact) mass is 483 g/mol. The molecule has 0 spiro atoms. The molecule has 172 valence electrons. The summed E-state index contributed by atoms with van der Waals surface area (Å²) in [4.78, 5) is 39.7. The molecule has 0 saturated carbocycles. The topological polar surface area (TPSA) is 102 Å². The third-order valence-electron chi connectivity index (χ3n) is 5.44. The number of rotatable bonds is 5. The molecule has 8 heteroatoms. The molecular weight excluding hydrogens is 466 g/mol. The van der Waals surface area contributed by atoms with Crippen molar-refractivity contribution in [3.05, 3.63) is 113 Å². The summed E-state index contributed by atoms with van der Waals surface area (Å²) >= 11 is 5.89. The number of carbonyl (C=O) groups is 3. The zero-order valence-corrected chi connectivity index (χ0v) is 19.0. The van der Waals surface area contributed by atoms with Gasteiger partial charge in [-0.1, -0.05) is 17.7 Å². The van der Waals surface area contributed by atoms with Crippen LogP contribution in [0.25, 0.3) is 0 Å². The number of carbonyl (C=O) groups excluding carboxylic acids is 3. The Morgan fingerprint density at radius 3 is 2.14 bits per heavy atom. The molecule has 1 aliphatic rings. The van der Waals surface area contributed by atoms with Crippen molar-refractivity contribution in [1.82, 2.24) is 0 Å². The van der Waals surface area contributed by atoms with Crippen LogP contribution in [0.2, 0.25) is 5.02 Å². The van der Waals surface area contributed by atoms with Gasteiger partial charge < -0.3 is 15.8 Å². The zero-order valence-electron chi connectivity index (χ0n) is 18.2. The lowest BCUT2D eigenvalue weighted by Crippen LogP contribution is -2.29. The van der Waals surface area contributed by atoms with Crippen molar-refractivity contribution in [2.24, 2.45) is 0 Å². The molecular formula is C27H18ClN3O4. The van der Waals surface area contributed by atoms with Crippen LogP contribution in [0, 0.1) is 0 Å². The van der Waals surface area contributed by atoms with Crippen LogP contribution in [0.15, 0.2) is 91.0 Å². The number of anilines is 3. The van der Waals surface area contributed by atoms with Crippen molar-refractivity contribution in [2.45, 2.75) is 0 Å². The second kappa shape index (κ2) is 8.96. The van der Waals surface area contributed by atoms with Gasteiger partial charge in [-0.15, -0.1) is 0 Å². The zero-order chi connectivity index (χ0) is 24.5. The molecule has 0 saturated heterocycles. The van der Waals surface area contributed by atoms with Crippen LogP contribution in [0.1, 0.15) is 31.1 Å². The van der Waals surface area contributed by atoms with E-state index in [1.54, 1.807) is 78.9 Å². The summed E-state index contributed by atoms with van der Waals surface area (Å²) in [7, 11) is 0. The molecule has 4 aromatic carbocycles. The fraction of sp³-hybridized carbons (Fsp3) is 0. The highest BCUT2D eigenvalue weighted by molar-refractivity contribution is 6.34. The number of fused-ring (bicyclic) bond motifs is 1. The van der Waals surface area contributed by atoms with Crippen molar-refractivity contribution in [3.8, 4) is 11.5 Å². The van der Waals surface area contributed by atoms with E-state index in [1.807, 2.05) is 0 Å². The minimum Gasteiger partial charge on any atom is -0.457 e. The molecule has 1 heterocycles. The fourth-order valence-corrected chi connectivity index (χ4v) is 3.86. The Labute approximate surface area is 205 Å². The lowest BCUT2D eigenvalue weighted by Gasteiger charge is -2.14. The second-order valence-electron chi connectivity index (χ2n) is 7.84. The van der Waals surface area contributed by atoms with E-state index in [9.17, 15) is 14.4 Å². The van der Waals surface area contributed by atoms with Gasteiger partial charge in [-0.05, 0) is 84.9 Å². The Bertz CT molecular complexity index is 1470. The molecule has 3 amide bonds. The van der Waals surface area contributed by atoms with Gasteiger partial charge in [-0.2, -0.15) is 0 Å². The lowest BCUT2D eigenvalue weighted by molar-refractivity contribution is 0.0924. The highest BCUT2D eigenvalue weighted by Gasteiger charge is 2.37. The molecule has 0 fully saturated rings. The van der Waals surface area contributed by atoms with Gasteiger partial charge in [0.2, 0.25) is 0 Å². The van der Waals surface area contributed by atoms with Gasteiger partial charge in [0.15, 0.2) is 0 Å². The predicted molar refractivity (Wildman–Crippen MR) is 134 cm³/mol. The number of halogens is 1. The van der Waals surface area contributed by atoms with Crippen LogP contribution in [0.3, 0.4) is 0 Å². The highest BCUT2D eigenvalue weighted by Crippen LogP contribution is 2.32. The number of nitrogens with zero attached hydrogens (tertiary/aromatic N) is 1. The molecule has 3 N–H and O–H groups in total. The van der Waals surface area contributed by atoms with Gasteiger partial charge >= 0.3 is 0 Å². The Morgan fingerprint density at radius 2 is 1.46 bits per heavy atom. The normalized spacial score (nSPS) is 12.4. The Kier molecular flexibility index (Phi) is 5.68. The molecule has 7 nitrogen and oxygen atoms in total. The van der Waals surface area contributed by atoms with Crippen LogP contribution in [0.4, 0.5) is 17.1 Å². The average Bonchev–Trinajstić information content (AvgIpc) is 3.10. The standard InChI is InChI=1S/C27H18ClN3O4/c28-17-4-9-21(10-5-17)35-22-11-7-20(8-12-22)31-26(33)23-13-6-19(15-24(23)27(31)34)30-25(32)16-2-1-3-18(29)14-16/h1-15H,29H2,(H,30,32). The third-order valence-corrected chi connectivity index (χ3v) is 5.69. The second-order valence-corrected chi connectivity index (χ2v) is 8.27. The summed E-state index contributed by atoms with van der Waals surface area (Å²) < 4.78 is 5.77. The number of amides is 3. The van der Waals surface area contributed by atoms with Crippen LogP contribution >= 0.6 is 11.6 Å². The molecule has 0 unspecified atom stereocenters. The first kappa shape index (κ1) is 22.2. The maximum absolute atomic E-state index is 13.1. The van der Waals surface area contributed by atoms with E-state index < -0.39 is 11.8 Å². The van der Waals surface area contributed by atoms with E-state index in [-0.39, 0.29) is 17.0 Å². The van der Waals surface area contributed by atoms with Crippen molar-refractivity contribution in [2.75, 3.05) is 16.0 Å². The Morgan fingerprint density at radius 1 is 0.800 bits per heavy atom. The van der Waals surface area contributed by atoms with Crippen molar-refractivity contribution < 1.29 is 19.1 Å². The fourth-order valence-electron chi connectivity index (χ4n) is 3.74. The summed E-state index contributed by atoms with van der Waals surface area (Å²) in [6.07, 6.45) is 0. The molecule has 4 aromatic rings. The molecule has 0 atom stereocenters. The first-order valence-electron chi connectivity index (χ1n) is 10.6. The molecule has 0 aromatic heterocycles. The number of hydrogen-bond acceptors (Lipinski definition) is 5. The molecule has 5 rings (SSSR count). The maximum Gasteiger partial charge on any atom is 0.266 e. The van der Waals surface area contributed by atoms with E-state index in [1.165, 1.54) is 12.1 Å². The van der Waals surface area contributed by atoms with Gasteiger partial charge in [-0.3, -0.25) is 14.4 Å². The summed E-state index contributed by atoms with van der Waals surface area (Å²) in [5.74, 6) is -0.140. The van der Waals surface area contributed by atoms with E-state index in [0.717, 1.165) is 4.90 Å². The van der Waals surface area contributed by atoms with Crippen molar-refractivity contribution >= 4 is 46.4 Å². The minimum absolute atomic E-state index is 0.210. The van der Waals surface area contributed by atoms with Crippen LogP contribution in [-0.4, -0.2) is 17.7 Å². The molecule has 0 aliphatic carbocycles. The summed E-state index contributed by atoms with van der Waals surface area (Å²) in [5.41, 5.74) is 7.86. The first-order chi connectivity index (χ1) is 16.9. The largest absolute Gasteiger partial charge is 0.457 e. The van der Waals surface area contributed by atoms with Crippen molar-refractivity contribution in [3.63, 3.8) is 0 Å². The van der Waals surface area contributed by atoms with Gasteiger partial charge in [0, 0.05) is 22.0 Å². The van der Waals surface area contributed by atoms with E-state index in [0.29, 0.717) is 39.1 Å². The number of benzene rings is 4. The van der Waals surface area contributed by atoms with Crippen molar-refractivity contribution in [1.29, 1.82) is 0 Å². The number of imide groups is 1. The minimum atomic E-state index is -0.476. The average molecular weight is 484 g/mol. The molecule has 35 heavy (non-hydrogen) atoms. The molecule has 0 radical (unpaired) electrons. The molecule has 1 aliphatic heterocycles. The molecule has 0 bridgehead atoms. The quantitative estimate of drug-likeness (QED) is 0.277. The van der Waals surface area contributed by atoms with Crippen LogP contribution in [0.5, 0.6) is 11.5 Å². The highest BCUT2D eigenvalue weighted by atomic mass is 35.5. The Balaban J connectivity index is 1.34. The first-order valence-corrected chi connectivity index (χ1v) is 11.0. The van der Waals surface area contributed by atoms with E-state index >= 15 is 0 Å².